The van der Waals surface area contributed by atoms with Crippen LogP contribution >= 0.6 is 0 Å². The number of aryl methyl sites for hydroxylation is 1. The molecule has 0 aliphatic heterocycles. The molecule has 0 saturated heterocycles. The first-order chi connectivity index (χ1) is 9.17. The molecule has 0 fully saturated rings. The third-order valence-corrected chi connectivity index (χ3v) is 2.98. The van der Waals surface area contributed by atoms with E-state index in [0.29, 0.717) is 6.61 Å². The lowest BCUT2D eigenvalue weighted by molar-refractivity contribution is 0.301. The number of hydrogen-bond acceptors (Lipinski definition) is 4. The minimum atomic E-state index is 0.228. The molecule has 5 heteroatoms. The first kappa shape index (κ1) is 13.5. The third kappa shape index (κ3) is 4.06. The number of ether oxygens (including phenoxy) is 1. The van der Waals surface area contributed by atoms with Crippen LogP contribution in [0.2, 0.25) is 0 Å². The van der Waals surface area contributed by atoms with Crippen LogP contribution in [-0.4, -0.2) is 21.0 Å². The Bertz CT molecular complexity index is 506. The zero-order valence-corrected chi connectivity index (χ0v) is 11.4. The minimum Gasteiger partial charge on any atom is -0.487 e. The molecule has 19 heavy (non-hydrogen) atoms. The first-order valence-electron chi connectivity index (χ1n) is 6.50. The van der Waals surface area contributed by atoms with Gasteiger partial charge in [-0.1, -0.05) is 24.3 Å². The first-order valence-corrected chi connectivity index (χ1v) is 6.50. The van der Waals surface area contributed by atoms with Gasteiger partial charge in [-0.05, 0) is 30.5 Å². The van der Waals surface area contributed by atoms with E-state index in [9.17, 15) is 0 Å². The van der Waals surface area contributed by atoms with E-state index < -0.39 is 0 Å². The summed E-state index contributed by atoms with van der Waals surface area (Å²) < 4.78 is 7.31. The molecule has 102 valence electrons. The Balaban J connectivity index is 1.88. The van der Waals surface area contributed by atoms with Gasteiger partial charge in [-0.3, -0.25) is 4.68 Å². The summed E-state index contributed by atoms with van der Waals surface area (Å²) in [6.07, 6.45) is 3.74. The second-order valence-corrected chi connectivity index (χ2v) is 4.69. The normalized spacial score (nSPS) is 12.4. The highest BCUT2D eigenvalue weighted by Gasteiger charge is 2.03. The van der Waals surface area contributed by atoms with Gasteiger partial charge in [0.05, 0.1) is 6.20 Å². The molecule has 2 N–H and O–H groups in total. The Kier molecular flexibility index (Phi) is 4.52. The summed E-state index contributed by atoms with van der Waals surface area (Å²) in [6.45, 7) is 2.53. The van der Waals surface area contributed by atoms with Gasteiger partial charge in [0.25, 0.3) is 0 Å². The van der Waals surface area contributed by atoms with Crippen LogP contribution in [0.5, 0.6) is 5.75 Å². The molecular weight excluding hydrogens is 240 g/mol. The van der Waals surface area contributed by atoms with Gasteiger partial charge in [0.15, 0.2) is 0 Å². The molecule has 0 bridgehead atoms. The molecule has 2 aromatic rings. The lowest BCUT2D eigenvalue weighted by Crippen LogP contribution is -2.21. The number of aromatic nitrogens is 3. The maximum atomic E-state index is 5.93. The zero-order valence-electron chi connectivity index (χ0n) is 11.4. The Morgan fingerprint density at radius 1 is 1.32 bits per heavy atom. The van der Waals surface area contributed by atoms with Gasteiger partial charge in [-0.2, -0.15) is 0 Å². The van der Waals surface area contributed by atoms with Crippen molar-refractivity contribution in [2.75, 3.05) is 0 Å². The van der Waals surface area contributed by atoms with E-state index in [1.165, 1.54) is 5.56 Å². The summed E-state index contributed by atoms with van der Waals surface area (Å²) in [5, 5.41) is 7.83. The summed E-state index contributed by atoms with van der Waals surface area (Å²) in [5.41, 5.74) is 7.99. The Morgan fingerprint density at radius 3 is 2.63 bits per heavy atom. The van der Waals surface area contributed by atoms with Crippen LogP contribution in [-0.2, 0) is 20.1 Å². The van der Waals surface area contributed by atoms with E-state index in [1.54, 1.807) is 4.68 Å². The summed E-state index contributed by atoms with van der Waals surface area (Å²) in [5.74, 6) is 0.833. The van der Waals surface area contributed by atoms with Crippen molar-refractivity contribution in [2.45, 2.75) is 32.4 Å². The summed E-state index contributed by atoms with van der Waals surface area (Å²) >= 11 is 0. The van der Waals surface area contributed by atoms with Crippen molar-refractivity contribution in [1.82, 2.24) is 15.0 Å². The lowest BCUT2D eigenvalue weighted by Gasteiger charge is -2.09. The molecule has 0 spiro atoms. The van der Waals surface area contributed by atoms with Crippen molar-refractivity contribution < 1.29 is 4.74 Å². The van der Waals surface area contributed by atoms with Crippen LogP contribution in [0.3, 0.4) is 0 Å². The van der Waals surface area contributed by atoms with E-state index in [0.717, 1.165) is 24.3 Å². The van der Waals surface area contributed by atoms with Gasteiger partial charge < -0.3 is 10.5 Å². The van der Waals surface area contributed by atoms with Crippen LogP contribution < -0.4 is 10.5 Å². The maximum Gasteiger partial charge on any atom is 0.134 e. The highest BCUT2D eigenvalue weighted by molar-refractivity contribution is 5.27. The molecule has 1 aromatic carbocycles. The Labute approximate surface area is 113 Å². The molecule has 0 aliphatic rings. The average molecular weight is 260 g/mol. The van der Waals surface area contributed by atoms with Crippen LogP contribution in [0.1, 0.15) is 24.6 Å². The Morgan fingerprint density at radius 2 is 2.05 bits per heavy atom. The molecule has 2 rings (SSSR count). The van der Waals surface area contributed by atoms with Crippen molar-refractivity contribution in [2.24, 2.45) is 12.8 Å². The fraction of sp³-hybridized carbons (Fsp3) is 0.429. The van der Waals surface area contributed by atoms with Crippen molar-refractivity contribution >= 4 is 0 Å². The number of nitrogens with two attached hydrogens (primary N) is 1. The van der Waals surface area contributed by atoms with E-state index in [1.807, 2.05) is 25.4 Å². The van der Waals surface area contributed by atoms with E-state index in [4.69, 9.17) is 10.5 Å². The molecule has 0 saturated carbocycles. The second-order valence-electron chi connectivity index (χ2n) is 4.69. The fourth-order valence-corrected chi connectivity index (χ4v) is 1.79. The fourth-order valence-electron chi connectivity index (χ4n) is 1.79. The van der Waals surface area contributed by atoms with Crippen LogP contribution in [0.15, 0.2) is 30.5 Å². The van der Waals surface area contributed by atoms with Gasteiger partial charge in [0.2, 0.25) is 0 Å². The molecule has 1 atom stereocenters. The zero-order chi connectivity index (χ0) is 13.7. The van der Waals surface area contributed by atoms with E-state index in [2.05, 4.69) is 29.4 Å². The van der Waals surface area contributed by atoms with Crippen LogP contribution in [0.25, 0.3) is 0 Å². The summed E-state index contributed by atoms with van der Waals surface area (Å²) in [7, 11) is 1.84. The van der Waals surface area contributed by atoms with Gasteiger partial charge in [0.1, 0.15) is 18.1 Å². The van der Waals surface area contributed by atoms with Crippen LogP contribution in [0, 0.1) is 0 Å². The largest absolute Gasteiger partial charge is 0.487 e. The van der Waals surface area contributed by atoms with Gasteiger partial charge in [0, 0.05) is 13.1 Å². The SMILES string of the molecule is CCC(N)Cc1ccc(OCc2cn(C)nn2)cc1. The van der Waals surface area contributed by atoms with E-state index in [-0.39, 0.29) is 6.04 Å². The molecule has 0 aliphatic carbocycles. The van der Waals surface area contributed by atoms with Gasteiger partial charge >= 0.3 is 0 Å². The number of benzene rings is 1. The summed E-state index contributed by atoms with van der Waals surface area (Å²) in [4.78, 5) is 0. The average Bonchev–Trinajstić information content (AvgIpc) is 2.83. The lowest BCUT2D eigenvalue weighted by atomic mass is 10.0. The predicted molar refractivity (Wildman–Crippen MR) is 73.7 cm³/mol. The third-order valence-electron chi connectivity index (χ3n) is 2.98. The van der Waals surface area contributed by atoms with Crippen LogP contribution in [0.4, 0.5) is 0 Å². The maximum absolute atomic E-state index is 5.93. The molecule has 1 unspecified atom stereocenters. The van der Waals surface area contributed by atoms with Gasteiger partial charge in [-0.25, -0.2) is 0 Å². The molecular formula is C14H20N4O. The number of hydrogen-bond donors (Lipinski definition) is 1. The molecule has 0 radical (unpaired) electrons. The standard InChI is InChI=1S/C14H20N4O/c1-3-12(15)8-11-4-6-14(7-5-11)19-10-13-9-18(2)17-16-13/h4-7,9,12H,3,8,10,15H2,1-2H3. The minimum absolute atomic E-state index is 0.228. The molecule has 0 amide bonds. The van der Waals surface area contributed by atoms with Crippen molar-refractivity contribution in [1.29, 1.82) is 0 Å². The van der Waals surface area contributed by atoms with E-state index >= 15 is 0 Å². The topological polar surface area (TPSA) is 66.0 Å². The smallest absolute Gasteiger partial charge is 0.134 e. The molecule has 5 nitrogen and oxygen atoms in total. The monoisotopic (exact) mass is 260 g/mol. The second kappa shape index (κ2) is 6.33. The number of nitrogens with zero attached hydrogens (tertiary/aromatic N) is 3. The predicted octanol–water partition coefficient (Wildman–Crippen LogP) is 1.67. The molecule has 1 heterocycles. The quantitative estimate of drug-likeness (QED) is 0.858. The highest BCUT2D eigenvalue weighted by Crippen LogP contribution is 2.14. The number of rotatable bonds is 6. The van der Waals surface area contributed by atoms with Crippen molar-refractivity contribution in [3.63, 3.8) is 0 Å². The van der Waals surface area contributed by atoms with Gasteiger partial charge in [-0.15, -0.1) is 5.10 Å². The Hall–Kier alpha value is -1.88. The highest BCUT2D eigenvalue weighted by atomic mass is 16.5. The van der Waals surface area contributed by atoms with Crippen molar-refractivity contribution in [3.05, 3.63) is 41.7 Å². The van der Waals surface area contributed by atoms with Crippen molar-refractivity contribution in [3.8, 4) is 5.75 Å². The summed E-state index contributed by atoms with van der Waals surface area (Å²) in [6, 6.07) is 8.27. The molecule has 1 aromatic heterocycles.